The van der Waals surface area contributed by atoms with E-state index in [0.29, 0.717) is 19.0 Å². The Kier molecular flexibility index (Phi) is 6.42. The van der Waals surface area contributed by atoms with E-state index in [9.17, 15) is 0 Å². The molecule has 2 heterocycles. The molecule has 7 heteroatoms. The molecule has 0 saturated heterocycles. The Balaban J connectivity index is 1.37. The van der Waals surface area contributed by atoms with Crippen LogP contribution in [-0.4, -0.2) is 27.3 Å². The van der Waals surface area contributed by atoms with Gasteiger partial charge in [0.1, 0.15) is 6.26 Å². The number of guanidine groups is 1. The summed E-state index contributed by atoms with van der Waals surface area (Å²) in [7, 11) is 0. The van der Waals surface area contributed by atoms with E-state index < -0.39 is 0 Å². The SMILES string of the molecule is CCNC(=NCc1cnn(-c2ccccc2)c1)NCc1coc(-c2ccc(C)cc2)n1. The number of benzene rings is 2. The minimum Gasteiger partial charge on any atom is -0.444 e. The molecule has 0 aliphatic rings. The van der Waals surface area contributed by atoms with Gasteiger partial charge in [-0.1, -0.05) is 35.9 Å². The van der Waals surface area contributed by atoms with Crippen molar-refractivity contribution >= 4 is 5.96 Å². The van der Waals surface area contributed by atoms with Crippen LogP contribution in [0, 0.1) is 6.92 Å². The normalized spacial score (nSPS) is 11.5. The van der Waals surface area contributed by atoms with Crippen LogP contribution in [0.15, 0.2) is 82.7 Å². The second kappa shape index (κ2) is 9.75. The molecule has 2 aromatic carbocycles. The van der Waals surface area contributed by atoms with Crippen LogP contribution in [0.4, 0.5) is 0 Å². The zero-order chi connectivity index (χ0) is 21.5. The van der Waals surface area contributed by atoms with Crippen LogP contribution in [0.5, 0.6) is 0 Å². The molecule has 0 unspecified atom stereocenters. The smallest absolute Gasteiger partial charge is 0.226 e. The van der Waals surface area contributed by atoms with E-state index in [4.69, 9.17) is 4.42 Å². The fraction of sp³-hybridized carbons (Fsp3) is 0.208. The van der Waals surface area contributed by atoms with Gasteiger partial charge in [0, 0.05) is 23.9 Å². The fourth-order valence-corrected chi connectivity index (χ4v) is 3.07. The van der Waals surface area contributed by atoms with Crippen molar-refractivity contribution in [3.8, 4) is 17.1 Å². The molecular formula is C24H26N6O. The van der Waals surface area contributed by atoms with E-state index in [-0.39, 0.29) is 0 Å². The number of para-hydroxylation sites is 1. The Hall–Kier alpha value is -3.87. The van der Waals surface area contributed by atoms with Crippen LogP contribution in [0.3, 0.4) is 0 Å². The molecule has 0 aliphatic carbocycles. The van der Waals surface area contributed by atoms with Gasteiger partial charge in [-0.15, -0.1) is 0 Å². The standard InChI is InChI=1S/C24H26N6O/c1-3-25-24(26-13-19-14-28-30(16-19)22-7-5-4-6-8-22)27-15-21-17-31-23(29-21)20-11-9-18(2)10-12-20/h4-12,14,16-17H,3,13,15H2,1-2H3,(H2,25,26,27). The first-order chi connectivity index (χ1) is 15.2. The first kappa shape index (κ1) is 20.4. The van der Waals surface area contributed by atoms with Gasteiger partial charge in [-0.05, 0) is 38.1 Å². The highest BCUT2D eigenvalue weighted by Gasteiger charge is 2.08. The summed E-state index contributed by atoms with van der Waals surface area (Å²) < 4.78 is 7.49. The molecule has 0 fully saturated rings. The van der Waals surface area contributed by atoms with Crippen LogP contribution in [0.2, 0.25) is 0 Å². The summed E-state index contributed by atoms with van der Waals surface area (Å²) in [5.74, 6) is 1.34. The van der Waals surface area contributed by atoms with Crippen LogP contribution in [0.25, 0.3) is 17.1 Å². The molecule has 0 aliphatic heterocycles. The minimum absolute atomic E-state index is 0.518. The summed E-state index contributed by atoms with van der Waals surface area (Å²) in [4.78, 5) is 9.24. The van der Waals surface area contributed by atoms with Crippen molar-refractivity contribution in [2.45, 2.75) is 26.9 Å². The Morgan fingerprint density at radius 1 is 1.06 bits per heavy atom. The highest BCUT2D eigenvalue weighted by atomic mass is 16.3. The van der Waals surface area contributed by atoms with Crippen molar-refractivity contribution in [1.29, 1.82) is 0 Å². The first-order valence-electron chi connectivity index (χ1n) is 10.3. The predicted molar refractivity (Wildman–Crippen MR) is 122 cm³/mol. The topological polar surface area (TPSA) is 80.3 Å². The monoisotopic (exact) mass is 414 g/mol. The lowest BCUT2D eigenvalue weighted by Crippen LogP contribution is -2.36. The Labute approximate surface area is 181 Å². The van der Waals surface area contributed by atoms with E-state index >= 15 is 0 Å². The number of hydrogen-bond acceptors (Lipinski definition) is 4. The molecule has 0 spiro atoms. The third-order valence-electron chi connectivity index (χ3n) is 4.71. The van der Waals surface area contributed by atoms with Crippen molar-refractivity contribution in [2.75, 3.05) is 6.54 Å². The maximum atomic E-state index is 5.63. The maximum absolute atomic E-state index is 5.63. The summed E-state index contributed by atoms with van der Waals surface area (Å²) in [6.45, 7) is 5.90. The predicted octanol–water partition coefficient (Wildman–Crippen LogP) is 4.09. The van der Waals surface area contributed by atoms with Gasteiger partial charge in [0.25, 0.3) is 0 Å². The van der Waals surface area contributed by atoms with E-state index in [1.807, 2.05) is 78.6 Å². The summed E-state index contributed by atoms with van der Waals surface area (Å²) in [5.41, 5.74) is 5.05. The Morgan fingerprint density at radius 2 is 1.87 bits per heavy atom. The average molecular weight is 415 g/mol. The van der Waals surface area contributed by atoms with Crippen molar-refractivity contribution in [1.82, 2.24) is 25.4 Å². The zero-order valence-corrected chi connectivity index (χ0v) is 17.7. The molecule has 4 rings (SSSR count). The zero-order valence-electron chi connectivity index (χ0n) is 17.7. The van der Waals surface area contributed by atoms with Gasteiger partial charge in [0.2, 0.25) is 5.89 Å². The number of nitrogens with zero attached hydrogens (tertiary/aromatic N) is 4. The number of nitrogens with one attached hydrogen (secondary N) is 2. The largest absolute Gasteiger partial charge is 0.444 e. The third-order valence-corrected chi connectivity index (χ3v) is 4.71. The molecule has 0 atom stereocenters. The quantitative estimate of drug-likeness (QED) is 0.352. The van der Waals surface area contributed by atoms with E-state index in [1.54, 1.807) is 6.26 Å². The van der Waals surface area contributed by atoms with Gasteiger partial charge in [0.05, 0.1) is 30.7 Å². The Bertz CT molecular complexity index is 1130. The Morgan fingerprint density at radius 3 is 2.65 bits per heavy atom. The molecular weight excluding hydrogens is 388 g/mol. The lowest BCUT2D eigenvalue weighted by Gasteiger charge is -2.09. The van der Waals surface area contributed by atoms with E-state index in [1.165, 1.54) is 5.56 Å². The van der Waals surface area contributed by atoms with Gasteiger partial charge in [0.15, 0.2) is 5.96 Å². The highest BCUT2D eigenvalue weighted by Crippen LogP contribution is 2.19. The van der Waals surface area contributed by atoms with E-state index in [0.717, 1.165) is 35.0 Å². The second-order valence-corrected chi connectivity index (χ2v) is 7.19. The molecule has 0 saturated carbocycles. The average Bonchev–Trinajstić information content (AvgIpc) is 3.47. The van der Waals surface area contributed by atoms with E-state index in [2.05, 4.69) is 32.6 Å². The van der Waals surface area contributed by atoms with Crippen molar-refractivity contribution in [3.63, 3.8) is 0 Å². The molecule has 4 aromatic rings. The fourth-order valence-electron chi connectivity index (χ4n) is 3.07. The summed E-state index contributed by atoms with van der Waals surface area (Å²) in [6, 6.07) is 18.2. The van der Waals surface area contributed by atoms with Crippen LogP contribution < -0.4 is 10.6 Å². The lowest BCUT2D eigenvalue weighted by atomic mass is 10.1. The summed E-state index contributed by atoms with van der Waals surface area (Å²) >= 11 is 0. The second-order valence-electron chi connectivity index (χ2n) is 7.19. The van der Waals surface area contributed by atoms with Crippen molar-refractivity contribution in [3.05, 3.63) is 90.1 Å². The summed E-state index contributed by atoms with van der Waals surface area (Å²) in [5, 5.41) is 11.0. The number of oxazole rings is 1. The molecule has 2 aromatic heterocycles. The van der Waals surface area contributed by atoms with Crippen molar-refractivity contribution < 1.29 is 4.42 Å². The van der Waals surface area contributed by atoms with Gasteiger partial charge in [-0.2, -0.15) is 5.10 Å². The van der Waals surface area contributed by atoms with Crippen LogP contribution >= 0.6 is 0 Å². The van der Waals surface area contributed by atoms with Gasteiger partial charge < -0.3 is 15.1 Å². The molecule has 0 amide bonds. The molecule has 0 radical (unpaired) electrons. The number of aliphatic imine (C=N–C) groups is 1. The first-order valence-corrected chi connectivity index (χ1v) is 10.3. The molecule has 158 valence electrons. The van der Waals surface area contributed by atoms with Gasteiger partial charge >= 0.3 is 0 Å². The number of aromatic nitrogens is 3. The van der Waals surface area contributed by atoms with Gasteiger partial charge in [-0.25, -0.2) is 14.7 Å². The number of hydrogen-bond donors (Lipinski definition) is 2. The third kappa shape index (κ3) is 5.39. The maximum Gasteiger partial charge on any atom is 0.226 e. The minimum atomic E-state index is 0.518. The van der Waals surface area contributed by atoms with Gasteiger partial charge in [-0.3, -0.25) is 0 Å². The summed E-state index contributed by atoms with van der Waals surface area (Å²) in [6.07, 6.45) is 5.51. The molecule has 2 N–H and O–H groups in total. The van der Waals surface area contributed by atoms with Crippen LogP contribution in [-0.2, 0) is 13.1 Å². The lowest BCUT2D eigenvalue weighted by molar-refractivity contribution is 0.572. The van der Waals surface area contributed by atoms with Crippen molar-refractivity contribution in [2.24, 2.45) is 4.99 Å². The molecule has 0 bridgehead atoms. The molecule has 31 heavy (non-hydrogen) atoms. The highest BCUT2D eigenvalue weighted by molar-refractivity contribution is 5.79. The number of aryl methyl sites for hydroxylation is 1. The number of rotatable bonds is 7. The molecule has 7 nitrogen and oxygen atoms in total. The van der Waals surface area contributed by atoms with Crippen LogP contribution in [0.1, 0.15) is 23.7 Å².